The van der Waals surface area contributed by atoms with Crippen LogP contribution in [0.3, 0.4) is 0 Å². The van der Waals surface area contributed by atoms with Gasteiger partial charge in [0.15, 0.2) is 0 Å². The van der Waals surface area contributed by atoms with E-state index in [0.717, 1.165) is 49.9 Å². The lowest BCUT2D eigenvalue weighted by atomic mass is 10.0. The molecule has 0 aromatic carbocycles. The highest BCUT2D eigenvalue weighted by atomic mass is 16.5. The first-order valence-electron chi connectivity index (χ1n) is 7.30. The number of amides is 1. The second-order valence-corrected chi connectivity index (χ2v) is 6.05. The van der Waals surface area contributed by atoms with Crippen molar-refractivity contribution in [2.45, 2.75) is 19.3 Å². The third kappa shape index (κ3) is 2.16. The smallest absolute Gasteiger partial charge is 0.223 e. The molecule has 3 aliphatic rings. The van der Waals surface area contributed by atoms with Crippen molar-refractivity contribution in [2.24, 2.45) is 29.6 Å². The molecule has 4 atom stereocenters. The molecule has 18 heavy (non-hydrogen) atoms. The maximum Gasteiger partial charge on any atom is 0.223 e. The molecule has 1 amide bonds. The van der Waals surface area contributed by atoms with Crippen LogP contribution in [0, 0.1) is 29.6 Å². The molecule has 0 aliphatic heterocycles. The van der Waals surface area contributed by atoms with E-state index in [0.29, 0.717) is 11.8 Å². The standard InChI is InChI=1S/C14H24N2O2/c1-18-7-6-15-4-5-16-14(17)13-11-9-2-3-10(8-9)12(11)13/h9-13,15H,2-8H2,1H3,(H,16,17). The Hall–Kier alpha value is -0.610. The first kappa shape index (κ1) is 12.4. The zero-order valence-corrected chi connectivity index (χ0v) is 11.2. The Labute approximate surface area is 109 Å². The number of nitrogens with one attached hydrogen (secondary N) is 2. The van der Waals surface area contributed by atoms with E-state index in [1.165, 1.54) is 19.3 Å². The van der Waals surface area contributed by atoms with Gasteiger partial charge in [-0.25, -0.2) is 0 Å². The number of fused-ring (bicyclic) bond motifs is 5. The molecule has 2 bridgehead atoms. The van der Waals surface area contributed by atoms with Gasteiger partial charge in [0.1, 0.15) is 0 Å². The van der Waals surface area contributed by atoms with Crippen LogP contribution >= 0.6 is 0 Å². The second-order valence-electron chi connectivity index (χ2n) is 6.05. The summed E-state index contributed by atoms with van der Waals surface area (Å²) in [7, 11) is 1.70. The lowest BCUT2D eigenvalue weighted by Gasteiger charge is -2.10. The first-order valence-corrected chi connectivity index (χ1v) is 7.30. The van der Waals surface area contributed by atoms with E-state index in [4.69, 9.17) is 4.74 Å². The number of hydrogen-bond acceptors (Lipinski definition) is 3. The van der Waals surface area contributed by atoms with E-state index in [9.17, 15) is 4.79 Å². The number of hydrogen-bond donors (Lipinski definition) is 2. The molecule has 0 aromatic heterocycles. The van der Waals surface area contributed by atoms with Gasteiger partial charge in [-0.2, -0.15) is 0 Å². The van der Waals surface area contributed by atoms with Crippen LogP contribution in [0.15, 0.2) is 0 Å². The van der Waals surface area contributed by atoms with Gasteiger partial charge in [-0.1, -0.05) is 0 Å². The predicted octanol–water partition coefficient (Wildman–Crippen LogP) is 0.631. The average Bonchev–Trinajstić information content (AvgIpc) is 2.82. The van der Waals surface area contributed by atoms with Gasteiger partial charge >= 0.3 is 0 Å². The highest BCUT2D eigenvalue weighted by Gasteiger charge is 2.67. The summed E-state index contributed by atoms with van der Waals surface area (Å²) in [6, 6.07) is 0. The van der Waals surface area contributed by atoms with Crippen molar-refractivity contribution < 1.29 is 9.53 Å². The van der Waals surface area contributed by atoms with Crippen molar-refractivity contribution >= 4 is 5.91 Å². The van der Waals surface area contributed by atoms with Crippen LogP contribution in [0.25, 0.3) is 0 Å². The second kappa shape index (κ2) is 5.17. The number of carbonyl (C=O) groups is 1. The van der Waals surface area contributed by atoms with Gasteiger partial charge in [0.05, 0.1) is 6.61 Å². The van der Waals surface area contributed by atoms with E-state index < -0.39 is 0 Å². The van der Waals surface area contributed by atoms with Gasteiger partial charge in [-0.05, 0) is 42.9 Å². The molecule has 0 heterocycles. The first-order chi connectivity index (χ1) is 8.83. The lowest BCUT2D eigenvalue weighted by Crippen LogP contribution is -2.34. The lowest BCUT2D eigenvalue weighted by molar-refractivity contribution is -0.123. The van der Waals surface area contributed by atoms with Crippen molar-refractivity contribution in [2.75, 3.05) is 33.4 Å². The molecule has 102 valence electrons. The Bertz CT molecular complexity index is 305. The molecule has 3 rings (SSSR count). The van der Waals surface area contributed by atoms with Crippen LogP contribution in [0.2, 0.25) is 0 Å². The Kier molecular flexibility index (Phi) is 3.57. The number of rotatable bonds is 7. The molecule has 4 heteroatoms. The van der Waals surface area contributed by atoms with E-state index >= 15 is 0 Å². The zero-order valence-electron chi connectivity index (χ0n) is 11.2. The fourth-order valence-electron chi connectivity index (χ4n) is 4.37. The molecule has 3 saturated carbocycles. The Balaban J connectivity index is 1.32. The van der Waals surface area contributed by atoms with Gasteiger partial charge in [-0.3, -0.25) is 4.79 Å². The molecule has 0 spiro atoms. The summed E-state index contributed by atoms with van der Waals surface area (Å²) >= 11 is 0. The summed E-state index contributed by atoms with van der Waals surface area (Å²) in [6.45, 7) is 3.16. The summed E-state index contributed by atoms with van der Waals surface area (Å²) in [5, 5.41) is 6.32. The molecule has 0 aromatic rings. The molecule has 2 N–H and O–H groups in total. The largest absolute Gasteiger partial charge is 0.383 e. The fourth-order valence-corrected chi connectivity index (χ4v) is 4.37. The van der Waals surface area contributed by atoms with Crippen molar-refractivity contribution in [1.82, 2.24) is 10.6 Å². The van der Waals surface area contributed by atoms with Gasteiger partial charge in [0, 0.05) is 32.7 Å². The number of carbonyl (C=O) groups excluding carboxylic acids is 1. The molecular formula is C14H24N2O2. The maximum absolute atomic E-state index is 12.1. The summed E-state index contributed by atoms with van der Waals surface area (Å²) in [4.78, 5) is 12.1. The van der Waals surface area contributed by atoms with Crippen LogP contribution in [0.4, 0.5) is 0 Å². The number of methoxy groups -OCH3 is 1. The third-order valence-corrected chi connectivity index (χ3v) is 5.12. The molecule has 4 nitrogen and oxygen atoms in total. The Morgan fingerprint density at radius 3 is 2.56 bits per heavy atom. The fraction of sp³-hybridized carbons (Fsp3) is 0.929. The highest BCUT2D eigenvalue weighted by Crippen LogP contribution is 2.69. The Morgan fingerprint density at radius 1 is 1.17 bits per heavy atom. The van der Waals surface area contributed by atoms with E-state index in [2.05, 4.69) is 10.6 Å². The third-order valence-electron chi connectivity index (χ3n) is 5.12. The van der Waals surface area contributed by atoms with E-state index in [1.54, 1.807) is 7.11 Å². The minimum Gasteiger partial charge on any atom is -0.383 e. The average molecular weight is 252 g/mol. The van der Waals surface area contributed by atoms with Crippen LogP contribution in [-0.4, -0.2) is 39.3 Å². The predicted molar refractivity (Wildman–Crippen MR) is 69.1 cm³/mol. The van der Waals surface area contributed by atoms with Crippen LogP contribution in [0.1, 0.15) is 19.3 Å². The SMILES string of the molecule is COCCNCCNC(=O)C1C2C3CCC(C3)C12. The van der Waals surface area contributed by atoms with Crippen LogP contribution in [-0.2, 0) is 9.53 Å². The zero-order chi connectivity index (χ0) is 12.5. The quantitative estimate of drug-likeness (QED) is 0.654. The molecule has 3 fully saturated rings. The normalized spacial score (nSPS) is 39.7. The summed E-state index contributed by atoms with van der Waals surface area (Å²) in [6.07, 6.45) is 4.18. The monoisotopic (exact) mass is 252 g/mol. The van der Waals surface area contributed by atoms with Crippen LogP contribution in [0.5, 0.6) is 0 Å². The van der Waals surface area contributed by atoms with Gasteiger partial charge < -0.3 is 15.4 Å². The van der Waals surface area contributed by atoms with Crippen molar-refractivity contribution in [3.63, 3.8) is 0 Å². The maximum atomic E-state index is 12.1. The van der Waals surface area contributed by atoms with Gasteiger partial charge in [-0.15, -0.1) is 0 Å². The van der Waals surface area contributed by atoms with Crippen molar-refractivity contribution in [3.8, 4) is 0 Å². The summed E-state index contributed by atoms with van der Waals surface area (Å²) < 4.78 is 4.95. The summed E-state index contributed by atoms with van der Waals surface area (Å²) in [5.41, 5.74) is 0. The summed E-state index contributed by atoms with van der Waals surface area (Å²) in [5.74, 6) is 3.96. The van der Waals surface area contributed by atoms with Gasteiger partial charge in [0.2, 0.25) is 5.91 Å². The van der Waals surface area contributed by atoms with E-state index in [-0.39, 0.29) is 0 Å². The van der Waals surface area contributed by atoms with Crippen molar-refractivity contribution in [3.05, 3.63) is 0 Å². The molecule has 0 saturated heterocycles. The minimum atomic E-state index is 0.315. The van der Waals surface area contributed by atoms with Crippen LogP contribution < -0.4 is 10.6 Å². The highest BCUT2D eigenvalue weighted by molar-refractivity contribution is 5.82. The molecule has 0 radical (unpaired) electrons. The molecular weight excluding hydrogens is 228 g/mol. The Morgan fingerprint density at radius 2 is 1.89 bits per heavy atom. The van der Waals surface area contributed by atoms with Crippen molar-refractivity contribution in [1.29, 1.82) is 0 Å². The topological polar surface area (TPSA) is 50.4 Å². The van der Waals surface area contributed by atoms with E-state index in [1.807, 2.05) is 0 Å². The minimum absolute atomic E-state index is 0.315. The number of ether oxygens (including phenoxy) is 1. The molecule has 4 unspecified atom stereocenters. The van der Waals surface area contributed by atoms with Gasteiger partial charge in [0.25, 0.3) is 0 Å². The molecule has 3 aliphatic carbocycles.